The number of sulfone groups is 1. The number of rotatable bonds is 6. The van der Waals surface area contributed by atoms with Crippen LogP contribution in [0, 0.1) is 0 Å². The number of carbonyl (C=O) groups is 2. The third kappa shape index (κ3) is 4.36. The number of nitrogens with two attached hydrogens (primary N) is 1. The number of hydrogen-bond acceptors (Lipinski definition) is 5. The van der Waals surface area contributed by atoms with E-state index in [4.69, 9.17) is 10.5 Å². The SMILES string of the molecule is COc1ccc(C(C)=O)cc1CS(=O)(=O)CC(N)=O. The van der Waals surface area contributed by atoms with Gasteiger partial charge in [-0.15, -0.1) is 0 Å². The Morgan fingerprint density at radius 1 is 1.32 bits per heavy atom. The Morgan fingerprint density at radius 3 is 2.42 bits per heavy atom. The number of Topliss-reactive ketones (excluding diaryl/α,β-unsaturated/α-hetero) is 1. The molecule has 0 heterocycles. The molecule has 0 aliphatic heterocycles. The monoisotopic (exact) mass is 285 g/mol. The molecule has 0 saturated heterocycles. The average molecular weight is 285 g/mol. The van der Waals surface area contributed by atoms with Crippen LogP contribution < -0.4 is 10.5 Å². The molecule has 104 valence electrons. The molecule has 0 aliphatic carbocycles. The van der Waals surface area contributed by atoms with E-state index in [0.29, 0.717) is 16.9 Å². The van der Waals surface area contributed by atoms with Gasteiger partial charge < -0.3 is 10.5 Å². The van der Waals surface area contributed by atoms with Gasteiger partial charge in [-0.25, -0.2) is 8.42 Å². The van der Waals surface area contributed by atoms with Gasteiger partial charge in [0.1, 0.15) is 11.5 Å². The highest BCUT2D eigenvalue weighted by Gasteiger charge is 2.18. The van der Waals surface area contributed by atoms with Gasteiger partial charge in [0.2, 0.25) is 5.91 Å². The summed E-state index contributed by atoms with van der Waals surface area (Å²) in [6.07, 6.45) is 0. The molecule has 0 atom stereocenters. The number of amides is 1. The second-order valence-electron chi connectivity index (χ2n) is 4.08. The highest BCUT2D eigenvalue weighted by molar-refractivity contribution is 7.91. The average Bonchev–Trinajstić information content (AvgIpc) is 2.26. The van der Waals surface area contributed by atoms with Gasteiger partial charge in [0.05, 0.1) is 12.9 Å². The molecule has 1 rings (SSSR count). The van der Waals surface area contributed by atoms with Crippen molar-refractivity contribution in [1.82, 2.24) is 0 Å². The first-order valence-electron chi connectivity index (χ1n) is 5.42. The summed E-state index contributed by atoms with van der Waals surface area (Å²) in [7, 11) is -2.28. The molecule has 1 amide bonds. The van der Waals surface area contributed by atoms with E-state index in [1.54, 1.807) is 6.07 Å². The summed E-state index contributed by atoms with van der Waals surface area (Å²) in [4.78, 5) is 22.0. The minimum Gasteiger partial charge on any atom is -0.496 e. The molecule has 0 bridgehead atoms. The molecule has 7 heteroatoms. The Balaban J connectivity index is 3.14. The molecule has 1 aromatic rings. The van der Waals surface area contributed by atoms with Crippen molar-refractivity contribution >= 4 is 21.5 Å². The summed E-state index contributed by atoms with van der Waals surface area (Å²) >= 11 is 0. The molecule has 1 aromatic carbocycles. The Labute approximate surface area is 111 Å². The molecular weight excluding hydrogens is 270 g/mol. The third-order valence-electron chi connectivity index (χ3n) is 2.42. The first-order chi connectivity index (χ1) is 8.75. The largest absolute Gasteiger partial charge is 0.496 e. The van der Waals surface area contributed by atoms with Crippen molar-refractivity contribution in [3.8, 4) is 5.75 Å². The lowest BCUT2D eigenvalue weighted by atomic mass is 10.1. The molecule has 0 aliphatic rings. The maximum absolute atomic E-state index is 11.7. The number of methoxy groups -OCH3 is 1. The van der Waals surface area contributed by atoms with Crippen molar-refractivity contribution in [1.29, 1.82) is 0 Å². The van der Waals surface area contributed by atoms with Crippen LogP contribution >= 0.6 is 0 Å². The van der Waals surface area contributed by atoms with Gasteiger partial charge in [0.25, 0.3) is 0 Å². The van der Waals surface area contributed by atoms with Gasteiger partial charge in [-0.05, 0) is 25.1 Å². The Kier molecular flexibility index (Phi) is 4.66. The standard InChI is InChI=1S/C12H15NO5S/c1-8(14)9-3-4-11(18-2)10(5-9)6-19(16,17)7-12(13)15/h3-5H,6-7H2,1-2H3,(H2,13,15). The first-order valence-corrected chi connectivity index (χ1v) is 7.24. The second-order valence-corrected chi connectivity index (χ2v) is 6.15. The molecule has 0 spiro atoms. The van der Waals surface area contributed by atoms with Gasteiger partial charge in [-0.1, -0.05) is 0 Å². The van der Waals surface area contributed by atoms with Crippen LogP contribution in [0.4, 0.5) is 0 Å². The number of primary amides is 1. The number of ether oxygens (including phenoxy) is 1. The van der Waals surface area contributed by atoms with Crippen molar-refractivity contribution in [2.45, 2.75) is 12.7 Å². The maximum atomic E-state index is 11.7. The van der Waals surface area contributed by atoms with Crippen LogP contribution in [-0.2, 0) is 20.4 Å². The predicted octanol–water partition coefficient (Wildman–Crippen LogP) is 0.298. The number of benzene rings is 1. The van der Waals surface area contributed by atoms with E-state index >= 15 is 0 Å². The molecule has 19 heavy (non-hydrogen) atoms. The lowest BCUT2D eigenvalue weighted by Gasteiger charge is -2.10. The summed E-state index contributed by atoms with van der Waals surface area (Å²) in [6.45, 7) is 1.38. The normalized spacial score (nSPS) is 11.1. The molecule has 6 nitrogen and oxygen atoms in total. The van der Waals surface area contributed by atoms with E-state index in [1.807, 2.05) is 0 Å². The van der Waals surface area contributed by atoms with Gasteiger partial charge in [0.15, 0.2) is 15.6 Å². The van der Waals surface area contributed by atoms with E-state index in [-0.39, 0.29) is 5.78 Å². The van der Waals surface area contributed by atoms with E-state index in [2.05, 4.69) is 0 Å². The Bertz CT molecular complexity index is 607. The summed E-state index contributed by atoms with van der Waals surface area (Å²) in [6, 6.07) is 4.51. The lowest BCUT2D eigenvalue weighted by molar-refractivity contribution is -0.115. The lowest BCUT2D eigenvalue weighted by Crippen LogP contribution is -2.24. The van der Waals surface area contributed by atoms with Gasteiger partial charge in [0, 0.05) is 11.1 Å². The first kappa shape index (κ1) is 15.2. The van der Waals surface area contributed by atoms with Crippen molar-refractivity contribution in [2.75, 3.05) is 12.9 Å². The zero-order chi connectivity index (χ0) is 14.6. The Morgan fingerprint density at radius 2 is 1.95 bits per heavy atom. The molecule has 0 fully saturated rings. The predicted molar refractivity (Wildman–Crippen MR) is 69.7 cm³/mol. The van der Waals surface area contributed by atoms with Crippen molar-refractivity contribution in [2.24, 2.45) is 5.73 Å². The van der Waals surface area contributed by atoms with E-state index in [1.165, 1.54) is 26.2 Å². The molecule has 2 N–H and O–H groups in total. The van der Waals surface area contributed by atoms with Gasteiger partial charge >= 0.3 is 0 Å². The van der Waals surface area contributed by atoms with Crippen molar-refractivity contribution in [3.63, 3.8) is 0 Å². The zero-order valence-corrected chi connectivity index (χ0v) is 11.5. The molecule has 0 unspecified atom stereocenters. The third-order valence-corrected chi connectivity index (χ3v) is 3.90. The number of hydrogen-bond donors (Lipinski definition) is 1. The fourth-order valence-electron chi connectivity index (χ4n) is 1.62. The van der Waals surface area contributed by atoms with Crippen molar-refractivity contribution < 1.29 is 22.7 Å². The van der Waals surface area contributed by atoms with Crippen LogP contribution in [0.5, 0.6) is 5.75 Å². The van der Waals surface area contributed by atoms with Crippen LogP contribution in [0.1, 0.15) is 22.8 Å². The fraction of sp³-hybridized carbons (Fsp3) is 0.333. The molecule has 0 radical (unpaired) electrons. The summed E-state index contributed by atoms with van der Waals surface area (Å²) < 4.78 is 28.5. The highest BCUT2D eigenvalue weighted by atomic mass is 32.2. The highest BCUT2D eigenvalue weighted by Crippen LogP contribution is 2.22. The minimum atomic E-state index is -3.67. The topological polar surface area (TPSA) is 104 Å². The summed E-state index contributed by atoms with van der Waals surface area (Å²) in [5, 5.41) is 0. The zero-order valence-electron chi connectivity index (χ0n) is 10.7. The van der Waals surface area contributed by atoms with Crippen LogP contribution in [0.15, 0.2) is 18.2 Å². The summed E-state index contributed by atoms with van der Waals surface area (Å²) in [5.41, 5.74) is 5.59. The fourth-order valence-corrected chi connectivity index (χ4v) is 2.85. The van der Waals surface area contributed by atoms with Gasteiger partial charge in [-0.2, -0.15) is 0 Å². The number of ketones is 1. The maximum Gasteiger partial charge on any atom is 0.232 e. The molecular formula is C12H15NO5S. The number of carbonyl (C=O) groups excluding carboxylic acids is 2. The van der Waals surface area contributed by atoms with Crippen LogP contribution in [0.2, 0.25) is 0 Å². The van der Waals surface area contributed by atoms with Crippen LogP contribution in [0.3, 0.4) is 0 Å². The van der Waals surface area contributed by atoms with E-state index < -0.39 is 27.3 Å². The summed E-state index contributed by atoms with van der Waals surface area (Å²) in [5.74, 6) is -1.89. The van der Waals surface area contributed by atoms with Crippen molar-refractivity contribution in [3.05, 3.63) is 29.3 Å². The van der Waals surface area contributed by atoms with E-state index in [9.17, 15) is 18.0 Å². The quantitative estimate of drug-likeness (QED) is 0.757. The van der Waals surface area contributed by atoms with E-state index in [0.717, 1.165) is 0 Å². The minimum absolute atomic E-state index is 0.184. The second kappa shape index (κ2) is 5.83. The van der Waals surface area contributed by atoms with Crippen LogP contribution in [-0.4, -0.2) is 33.0 Å². The smallest absolute Gasteiger partial charge is 0.232 e. The van der Waals surface area contributed by atoms with Crippen LogP contribution in [0.25, 0.3) is 0 Å². The molecule has 0 aromatic heterocycles. The molecule has 0 saturated carbocycles. The Hall–Kier alpha value is -1.89. The van der Waals surface area contributed by atoms with Gasteiger partial charge in [-0.3, -0.25) is 9.59 Å².